The summed E-state index contributed by atoms with van der Waals surface area (Å²) in [6, 6.07) is 3.83. The summed E-state index contributed by atoms with van der Waals surface area (Å²) >= 11 is 3.11. The van der Waals surface area contributed by atoms with E-state index in [1.165, 1.54) is 30.7 Å². The van der Waals surface area contributed by atoms with E-state index in [0.29, 0.717) is 15.7 Å². The van der Waals surface area contributed by atoms with Crippen LogP contribution in [0.25, 0.3) is 0 Å². The third kappa shape index (κ3) is 2.27. The van der Waals surface area contributed by atoms with Crippen LogP contribution < -0.4 is 5.32 Å². The zero-order valence-corrected chi connectivity index (χ0v) is 9.49. The Morgan fingerprint density at radius 1 is 1.50 bits per heavy atom. The average molecular weight is 285 g/mol. The molecule has 0 aliphatic heterocycles. The van der Waals surface area contributed by atoms with Gasteiger partial charge in [0.2, 0.25) is 0 Å². The topological polar surface area (TPSA) is 55.1 Å². The monoisotopic (exact) mass is 284 g/mol. The van der Waals surface area contributed by atoms with Gasteiger partial charge in [0, 0.05) is 4.47 Å². The zero-order valence-electron chi connectivity index (χ0n) is 7.91. The minimum Gasteiger partial charge on any atom is -0.363 e. The van der Waals surface area contributed by atoms with Gasteiger partial charge in [-0.1, -0.05) is 5.16 Å². The number of amides is 1. The molecule has 6 heteroatoms. The van der Waals surface area contributed by atoms with E-state index in [1.807, 2.05) is 0 Å². The Kier molecular flexibility index (Phi) is 3.00. The van der Waals surface area contributed by atoms with E-state index in [2.05, 4.69) is 30.9 Å². The van der Waals surface area contributed by atoms with Gasteiger partial charge >= 0.3 is 0 Å². The third-order valence-electron chi connectivity index (χ3n) is 1.87. The Bertz CT molecular complexity index is 514. The second-order valence-electron chi connectivity index (χ2n) is 2.99. The molecule has 1 aromatic heterocycles. The lowest BCUT2D eigenvalue weighted by molar-refractivity contribution is 0.102. The number of hydrogen-bond acceptors (Lipinski definition) is 3. The number of halogens is 2. The minimum absolute atomic E-state index is 0.336. The van der Waals surface area contributed by atoms with E-state index in [4.69, 9.17) is 0 Å². The molecule has 0 spiro atoms. The first-order chi connectivity index (χ1) is 7.66. The van der Waals surface area contributed by atoms with E-state index in [9.17, 15) is 9.18 Å². The van der Waals surface area contributed by atoms with Crippen LogP contribution in [0.3, 0.4) is 0 Å². The maximum absolute atomic E-state index is 12.8. The second kappa shape index (κ2) is 4.44. The molecule has 0 atom stereocenters. The molecule has 1 heterocycles. The van der Waals surface area contributed by atoms with E-state index in [1.54, 1.807) is 0 Å². The van der Waals surface area contributed by atoms with E-state index in [-0.39, 0.29) is 5.91 Å². The summed E-state index contributed by atoms with van der Waals surface area (Å²) in [5, 5.41) is 5.99. The molecular formula is C10H6BrFN2O2. The first kappa shape index (κ1) is 10.8. The van der Waals surface area contributed by atoms with Crippen LogP contribution in [0, 0.1) is 5.82 Å². The lowest BCUT2D eigenvalue weighted by atomic mass is 10.2. The van der Waals surface area contributed by atoms with Gasteiger partial charge < -0.3 is 9.84 Å². The van der Waals surface area contributed by atoms with E-state index >= 15 is 0 Å². The smallest absolute Gasteiger partial charge is 0.256 e. The molecule has 2 rings (SSSR count). The molecule has 4 nitrogen and oxygen atoms in total. The molecule has 16 heavy (non-hydrogen) atoms. The van der Waals surface area contributed by atoms with E-state index in [0.717, 1.165) is 0 Å². The third-order valence-corrected chi connectivity index (χ3v) is 2.52. The second-order valence-corrected chi connectivity index (χ2v) is 3.85. The number of carbonyl (C=O) groups excluding carboxylic acids is 1. The standard InChI is InChI=1S/C10H6BrFN2O2/c11-9-3-6(12)1-2-8(9)10(15)14-7-4-13-16-5-7/h1-5H,(H,14,15). The fourth-order valence-electron chi connectivity index (χ4n) is 1.14. The predicted octanol–water partition coefficient (Wildman–Crippen LogP) is 2.83. The van der Waals surface area contributed by atoms with Crippen molar-refractivity contribution in [2.75, 3.05) is 5.32 Å². The highest BCUT2D eigenvalue weighted by Gasteiger charge is 2.11. The summed E-state index contributed by atoms with van der Waals surface area (Å²) in [6.07, 6.45) is 2.67. The van der Waals surface area contributed by atoms with Crippen LogP contribution in [-0.2, 0) is 0 Å². The number of anilines is 1. The molecule has 0 saturated carbocycles. The van der Waals surface area contributed by atoms with Gasteiger partial charge in [-0.05, 0) is 34.1 Å². The number of carbonyl (C=O) groups is 1. The van der Waals surface area contributed by atoms with Gasteiger partial charge in [-0.25, -0.2) is 4.39 Å². The average Bonchev–Trinajstić information content (AvgIpc) is 2.70. The number of benzene rings is 1. The van der Waals surface area contributed by atoms with Crippen molar-refractivity contribution in [2.45, 2.75) is 0 Å². The fourth-order valence-corrected chi connectivity index (χ4v) is 1.67. The van der Waals surface area contributed by atoms with Crippen LogP contribution in [0.5, 0.6) is 0 Å². The number of aromatic nitrogens is 1. The highest BCUT2D eigenvalue weighted by atomic mass is 79.9. The van der Waals surface area contributed by atoms with Gasteiger partial charge in [-0.2, -0.15) is 0 Å². The summed E-state index contributed by atoms with van der Waals surface area (Å²) in [4.78, 5) is 11.7. The lowest BCUT2D eigenvalue weighted by Gasteiger charge is -2.04. The SMILES string of the molecule is O=C(Nc1cnoc1)c1ccc(F)cc1Br. The maximum atomic E-state index is 12.8. The normalized spacial score (nSPS) is 10.1. The van der Waals surface area contributed by atoms with Crippen molar-refractivity contribution in [3.8, 4) is 0 Å². The first-order valence-corrected chi connectivity index (χ1v) is 5.12. The summed E-state index contributed by atoms with van der Waals surface area (Å²) in [5.74, 6) is -0.775. The van der Waals surface area contributed by atoms with Crippen molar-refractivity contribution in [3.05, 3.63) is 46.5 Å². The highest BCUT2D eigenvalue weighted by Crippen LogP contribution is 2.19. The van der Waals surface area contributed by atoms with Gasteiger partial charge in [0.1, 0.15) is 17.8 Å². The van der Waals surface area contributed by atoms with Crippen molar-refractivity contribution in [2.24, 2.45) is 0 Å². The first-order valence-electron chi connectivity index (χ1n) is 4.32. The lowest BCUT2D eigenvalue weighted by Crippen LogP contribution is -2.12. The van der Waals surface area contributed by atoms with Gasteiger partial charge in [0.15, 0.2) is 0 Å². The molecule has 2 aromatic rings. The minimum atomic E-state index is -0.409. The zero-order chi connectivity index (χ0) is 11.5. The number of hydrogen-bond donors (Lipinski definition) is 1. The highest BCUT2D eigenvalue weighted by molar-refractivity contribution is 9.10. The molecule has 1 amide bonds. The van der Waals surface area contributed by atoms with Crippen LogP contribution in [-0.4, -0.2) is 11.1 Å². The largest absolute Gasteiger partial charge is 0.363 e. The molecule has 0 aliphatic rings. The summed E-state index contributed by atoms with van der Waals surface area (Å²) in [6.45, 7) is 0. The van der Waals surface area contributed by atoms with Crippen LogP contribution >= 0.6 is 15.9 Å². The van der Waals surface area contributed by atoms with Crippen molar-refractivity contribution in [1.82, 2.24) is 5.16 Å². The molecule has 1 N–H and O–H groups in total. The number of nitrogens with one attached hydrogen (secondary N) is 1. The Morgan fingerprint density at radius 3 is 2.94 bits per heavy atom. The maximum Gasteiger partial charge on any atom is 0.256 e. The summed E-state index contributed by atoms with van der Waals surface area (Å²) in [5.41, 5.74) is 0.781. The molecule has 0 aliphatic carbocycles. The fraction of sp³-hybridized carbons (Fsp3) is 0. The van der Waals surface area contributed by atoms with Crippen LogP contribution in [0.15, 0.2) is 39.7 Å². The van der Waals surface area contributed by atoms with Gasteiger partial charge in [-0.3, -0.25) is 4.79 Å². The molecular weight excluding hydrogens is 279 g/mol. The quantitative estimate of drug-likeness (QED) is 0.923. The van der Waals surface area contributed by atoms with Crippen molar-refractivity contribution < 1.29 is 13.7 Å². The van der Waals surface area contributed by atoms with Gasteiger partial charge in [0.05, 0.1) is 11.8 Å². The summed E-state index contributed by atoms with van der Waals surface area (Å²) < 4.78 is 17.8. The molecule has 0 radical (unpaired) electrons. The molecule has 1 aromatic carbocycles. The van der Waals surface area contributed by atoms with Crippen LogP contribution in [0.2, 0.25) is 0 Å². The van der Waals surface area contributed by atoms with Gasteiger partial charge in [-0.15, -0.1) is 0 Å². The Labute approximate surface area is 98.6 Å². The molecule has 0 unspecified atom stereocenters. The number of nitrogens with zero attached hydrogens (tertiary/aromatic N) is 1. The molecule has 0 bridgehead atoms. The van der Waals surface area contributed by atoms with Crippen LogP contribution in [0.1, 0.15) is 10.4 Å². The van der Waals surface area contributed by atoms with Crippen LogP contribution in [0.4, 0.5) is 10.1 Å². The summed E-state index contributed by atoms with van der Waals surface area (Å²) in [7, 11) is 0. The van der Waals surface area contributed by atoms with Crippen molar-refractivity contribution in [1.29, 1.82) is 0 Å². The van der Waals surface area contributed by atoms with Gasteiger partial charge in [0.25, 0.3) is 5.91 Å². The Balaban J connectivity index is 2.21. The Hall–Kier alpha value is -1.69. The van der Waals surface area contributed by atoms with Crippen molar-refractivity contribution in [3.63, 3.8) is 0 Å². The molecule has 82 valence electrons. The Morgan fingerprint density at radius 2 is 2.31 bits per heavy atom. The van der Waals surface area contributed by atoms with E-state index < -0.39 is 5.82 Å². The number of rotatable bonds is 2. The predicted molar refractivity (Wildman–Crippen MR) is 58.6 cm³/mol. The van der Waals surface area contributed by atoms with Crippen molar-refractivity contribution >= 4 is 27.5 Å². The molecule has 0 saturated heterocycles. The molecule has 0 fully saturated rings.